The number of ether oxygens (including phenoxy) is 2. The van der Waals surface area contributed by atoms with E-state index in [1.807, 2.05) is 0 Å². The number of rotatable bonds is 3. The molecule has 0 saturated carbocycles. The molecule has 1 aliphatic heterocycles. The lowest BCUT2D eigenvalue weighted by molar-refractivity contribution is -0.384. The number of fused-ring (bicyclic) bond motifs is 1. The fraction of sp³-hybridized carbons (Fsp3) is 0.0833. The fourth-order valence-corrected chi connectivity index (χ4v) is 1.77. The molecular formula is C12H8N2O6. The molecule has 20 heavy (non-hydrogen) atoms. The van der Waals surface area contributed by atoms with Gasteiger partial charge in [-0.25, -0.2) is 0 Å². The number of carbonyl (C=O) groups is 1. The Hall–Kier alpha value is -3.03. The summed E-state index contributed by atoms with van der Waals surface area (Å²) in [5.74, 6) is 0.0759. The average molecular weight is 276 g/mol. The standard InChI is InChI=1S/C12H8N2O6/c15-12(9-2-1-3-18-9)13-7-4-10-11(20-6-19-10)5-8(7)14(16)17/h1-5H,6H2,(H,13,15). The molecule has 8 heteroatoms. The third-order valence-electron chi connectivity index (χ3n) is 2.68. The summed E-state index contributed by atoms with van der Waals surface area (Å²) in [6.45, 7) is -0.0118. The third-order valence-corrected chi connectivity index (χ3v) is 2.68. The van der Waals surface area contributed by atoms with E-state index < -0.39 is 10.8 Å². The summed E-state index contributed by atoms with van der Waals surface area (Å²) in [5, 5.41) is 13.4. The molecule has 0 atom stereocenters. The van der Waals surface area contributed by atoms with Gasteiger partial charge in [0.2, 0.25) is 6.79 Å². The lowest BCUT2D eigenvalue weighted by atomic mass is 10.2. The van der Waals surface area contributed by atoms with Gasteiger partial charge in [-0.3, -0.25) is 14.9 Å². The normalized spacial score (nSPS) is 12.2. The SMILES string of the molecule is O=C(Nc1cc2c(cc1[N+](=O)[O-])OCO2)c1ccco1. The van der Waals surface area contributed by atoms with Crippen LogP contribution in [0, 0.1) is 10.1 Å². The number of nitro benzene ring substituents is 1. The van der Waals surface area contributed by atoms with Crippen LogP contribution in [-0.2, 0) is 0 Å². The summed E-state index contributed by atoms with van der Waals surface area (Å²) in [5.41, 5.74) is -0.269. The maximum absolute atomic E-state index is 11.9. The second kappa shape index (κ2) is 4.57. The second-order valence-electron chi connectivity index (χ2n) is 3.91. The van der Waals surface area contributed by atoms with Gasteiger partial charge in [0.25, 0.3) is 11.6 Å². The summed E-state index contributed by atoms with van der Waals surface area (Å²) in [7, 11) is 0. The van der Waals surface area contributed by atoms with Gasteiger partial charge in [-0.1, -0.05) is 0 Å². The molecule has 0 saturated heterocycles. The minimum Gasteiger partial charge on any atom is -0.459 e. The predicted octanol–water partition coefficient (Wildman–Crippen LogP) is 2.17. The van der Waals surface area contributed by atoms with Crippen LogP contribution in [0.2, 0.25) is 0 Å². The van der Waals surface area contributed by atoms with Crippen LogP contribution in [0.4, 0.5) is 11.4 Å². The molecule has 1 aliphatic rings. The minimum absolute atomic E-state index is 0.0118. The smallest absolute Gasteiger partial charge is 0.296 e. The van der Waals surface area contributed by atoms with E-state index in [-0.39, 0.29) is 29.7 Å². The highest BCUT2D eigenvalue weighted by Gasteiger charge is 2.25. The van der Waals surface area contributed by atoms with Crippen molar-refractivity contribution < 1.29 is 23.6 Å². The summed E-state index contributed by atoms with van der Waals surface area (Å²) in [6.07, 6.45) is 1.34. The molecule has 0 fully saturated rings. The van der Waals surface area contributed by atoms with Crippen molar-refractivity contribution in [3.8, 4) is 11.5 Å². The Morgan fingerprint density at radius 2 is 2.05 bits per heavy atom. The van der Waals surface area contributed by atoms with Crippen LogP contribution >= 0.6 is 0 Å². The number of hydrogen-bond donors (Lipinski definition) is 1. The summed E-state index contributed by atoms with van der Waals surface area (Å²) in [6, 6.07) is 5.55. The van der Waals surface area contributed by atoms with Crippen LogP contribution in [0.25, 0.3) is 0 Å². The number of nitro groups is 1. The Balaban J connectivity index is 1.96. The first-order valence-corrected chi connectivity index (χ1v) is 5.58. The van der Waals surface area contributed by atoms with Gasteiger partial charge in [-0.05, 0) is 12.1 Å². The van der Waals surface area contributed by atoms with Crippen molar-refractivity contribution in [2.24, 2.45) is 0 Å². The van der Waals surface area contributed by atoms with E-state index >= 15 is 0 Å². The number of nitrogens with zero attached hydrogens (tertiary/aromatic N) is 1. The van der Waals surface area contributed by atoms with Crippen LogP contribution in [0.1, 0.15) is 10.6 Å². The Kier molecular flexibility index (Phi) is 2.75. The number of carbonyl (C=O) groups excluding carboxylic acids is 1. The number of nitrogens with one attached hydrogen (secondary N) is 1. The van der Waals surface area contributed by atoms with Crippen LogP contribution in [0.15, 0.2) is 34.9 Å². The van der Waals surface area contributed by atoms with Gasteiger partial charge in [0.1, 0.15) is 5.69 Å². The second-order valence-corrected chi connectivity index (χ2v) is 3.91. The van der Waals surface area contributed by atoms with Gasteiger partial charge in [0.05, 0.1) is 17.3 Å². The highest BCUT2D eigenvalue weighted by atomic mass is 16.7. The number of amides is 1. The van der Waals surface area contributed by atoms with Crippen molar-refractivity contribution in [3.63, 3.8) is 0 Å². The molecule has 1 amide bonds. The molecule has 0 spiro atoms. The maximum Gasteiger partial charge on any atom is 0.296 e. The van der Waals surface area contributed by atoms with Gasteiger partial charge in [0, 0.05) is 6.07 Å². The Morgan fingerprint density at radius 3 is 2.70 bits per heavy atom. The highest BCUT2D eigenvalue weighted by molar-refractivity contribution is 6.03. The zero-order chi connectivity index (χ0) is 14.1. The maximum atomic E-state index is 11.9. The molecule has 0 unspecified atom stereocenters. The lowest BCUT2D eigenvalue weighted by Crippen LogP contribution is -2.12. The number of benzene rings is 1. The molecule has 1 aromatic heterocycles. The van der Waals surface area contributed by atoms with E-state index in [2.05, 4.69) is 5.32 Å². The van der Waals surface area contributed by atoms with Crippen molar-refractivity contribution in [3.05, 3.63) is 46.4 Å². The number of hydrogen-bond acceptors (Lipinski definition) is 6. The third kappa shape index (κ3) is 2.03. The predicted molar refractivity (Wildman–Crippen MR) is 65.9 cm³/mol. The van der Waals surface area contributed by atoms with Gasteiger partial charge in [-0.2, -0.15) is 0 Å². The van der Waals surface area contributed by atoms with E-state index in [0.717, 1.165) is 0 Å². The summed E-state index contributed by atoms with van der Waals surface area (Å²) in [4.78, 5) is 22.3. The molecular weight excluding hydrogens is 268 g/mol. The van der Waals surface area contributed by atoms with Crippen molar-refractivity contribution in [1.29, 1.82) is 0 Å². The molecule has 2 heterocycles. The van der Waals surface area contributed by atoms with Crippen molar-refractivity contribution >= 4 is 17.3 Å². The molecule has 0 bridgehead atoms. The molecule has 1 aromatic carbocycles. The minimum atomic E-state index is -0.611. The zero-order valence-corrected chi connectivity index (χ0v) is 9.99. The monoisotopic (exact) mass is 276 g/mol. The first-order chi connectivity index (χ1) is 9.65. The zero-order valence-electron chi connectivity index (χ0n) is 9.99. The van der Waals surface area contributed by atoms with Crippen LogP contribution in [0.3, 0.4) is 0 Å². The van der Waals surface area contributed by atoms with Crippen molar-refractivity contribution in [1.82, 2.24) is 0 Å². The molecule has 2 aromatic rings. The molecule has 8 nitrogen and oxygen atoms in total. The Labute approximate surface area is 112 Å². The van der Waals surface area contributed by atoms with Gasteiger partial charge in [-0.15, -0.1) is 0 Å². The van der Waals surface area contributed by atoms with E-state index in [1.54, 1.807) is 6.07 Å². The van der Waals surface area contributed by atoms with Crippen LogP contribution in [0.5, 0.6) is 11.5 Å². The van der Waals surface area contributed by atoms with E-state index in [9.17, 15) is 14.9 Å². The van der Waals surface area contributed by atoms with Gasteiger partial charge >= 0.3 is 0 Å². The molecule has 0 aliphatic carbocycles. The topological polar surface area (TPSA) is 104 Å². The van der Waals surface area contributed by atoms with Crippen molar-refractivity contribution in [2.75, 3.05) is 12.1 Å². The Bertz CT molecular complexity index is 680. The number of anilines is 1. The van der Waals surface area contributed by atoms with Crippen LogP contribution in [-0.4, -0.2) is 17.6 Å². The summed E-state index contributed by atoms with van der Waals surface area (Å²) < 4.78 is 15.1. The fourth-order valence-electron chi connectivity index (χ4n) is 1.77. The Morgan fingerprint density at radius 1 is 1.30 bits per heavy atom. The van der Waals surface area contributed by atoms with Crippen LogP contribution < -0.4 is 14.8 Å². The summed E-state index contributed by atoms with van der Waals surface area (Å²) >= 11 is 0. The van der Waals surface area contributed by atoms with Gasteiger partial charge in [0.15, 0.2) is 17.3 Å². The van der Waals surface area contributed by atoms with Gasteiger partial charge < -0.3 is 19.2 Å². The number of furan rings is 1. The van der Waals surface area contributed by atoms with E-state index in [1.165, 1.54) is 24.5 Å². The quantitative estimate of drug-likeness (QED) is 0.680. The average Bonchev–Trinajstić information content (AvgIpc) is 3.08. The lowest BCUT2D eigenvalue weighted by Gasteiger charge is -2.05. The molecule has 102 valence electrons. The first kappa shape index (κ1) is 12.0. The van der Waals surface area contributed by atoms with E-state index in [0.29, 0.717) is 5.75 Å². The highest BCUT2D eigenvalue weighted by Crippen LogP contribution is 2.40. The van der Waals surface area contributed by atoms with Crippen molar-refractivity contribution in [2.45, 2.75) is 0 Å². The molecule has 0 radical (unpaired) electrons. The largest absolute Gasteiger partial charge is 0.459 e. The first-order valence-electron chi connectivity index (χ1n) is 5.58. The molecule has 3 rings (SSSR count). The molecule has 1 N–H and O–H groups in total. The van der Waals surface area contributed by atoms with E-state index in [4.69, 9.17) is 13.9 Å².